The highest BCUT2D eigenvalue weighted by Gasteiger charge is 2.13. The van der Waals surface area contributed by atoms with Gasteiger partial charge >= 0.3 is 0 Å². The van der Waals surface area contributed by atoms with Crippen molar-refractivity contribution in [1.29, 1.82) is 5.41 Å². The Kier molecular flexibility index (Phi) is 6.26. The molecular formula is C20H19N3OS3. The molecule has 0 spiro atoms. The normalized spacial score (nSPS) is 10.6. The molecule has 2 aromatic carbocycles. The zero-order chi connectivity index (χ0) is 19.4. The lowest BCUT2D eigenvalue weighted by molar-refractivity contribution is -0.105. The molecule has 0 aliphatic carbocycles. The Morgan fingerprint density at radius 2 is 2.00 bits per heavy atom. The van der Waals surface area contributed by atoms with Crippen LogP contribution in [-0.4, -0.2) is 18.5 Å². The molecule has 4 nitrogen and oxygen atoms in total. The first-order chi connectivity index (χ1) is 13.0. The smallest absolute Gasteiger partial charge is 0.211 e. The van der Waals surface area contributed by atoms with Gasteiger partial charge in [0.1, 0.15) is 5.84 Å². The highest BCUT2D eigenvalue weighted by atomic mass is 32.2. The molecule has 0 fully saturated rings. The Morgan fingerprint density at radius 3 is 2.70 bits per heavy atom. The van der Waals surface area contributed by atoms with E-state index in [-0.39, 0.29) is 5.84 Å². The lowest BCUT2D eigenvalue weighted by atomic mass is 9.98. The van der Waals surface area contributed by atoms with Crippen LogP contribution >= 0.6 is 34.9 Å². The van der Waals surface area contributed by atoms with Gasteiger partial charge in [-0.05, 0) is 48.6 Å². The van der Waals surface area contributed by atoms with Crippen molar-refractivity contribution in [2.75, 3.05) is 11.6 Å². The summed E-state index contributed by atoms with van der Waals surface area (Å²) < 4.78 is 1.15. The molecule has 1 heterocycles. The number of anilines is 1. The SMILES string of the molecule is CSc1sc(C(=N)N)cc1Sc1cccc(-c2c(C)cccc2NC=O)c1. The first-order valence-electron chi connectivity index (χ1n) is 8.13. The Hall–Kier alpha value is -2.22. The molecule has 4 N–H and O–H groups in total. The number of amidine groups is 1. The number of nitrogens with one attached hydrogen (secondary N) is 2. The van der Waals surface area contributed by atoms with Crippen LogP contribution in [0.25, 0.3) is 11.1 Å². The number of carbonyl (C=O) groups is 1. The van der Waals surface area contributed by atoms with E-state index < -0.39 is 0 Å². The summed E-state index contributed by atoms with van der Waals surface area (Å²) in [6.07, 6.45) is 2.73. The summed E-state index contributed by atoms with van der Waals surface area (Å²) >= 11 is 4.86. The van der Waals surface area contributed by atoms with Crippen molar-refractivity contribution in [3.63, 3.8) is 0 Å². The Labute approximate surface area is 171 Å². The number of hydrogen-bond acceptors (Lipinski definition) is 5. The minimum Gasteiger partial charge on any atom is -0.383 e. The van der Waals surface area contributed by atoms with Crippen molar-refractivity contribution in [2.24, 2.45) is 5.73 Å². The number of thiophene rings is 1. The molecule has 138 valence electrons. The molecular weight excluding hydrogens is 394 g/mol. The fraction of sp³-hybridized carbons (Fsp3) is 0.100. The highest BCUT2D eigenvalue weighted by molar-refractivity contribution is 8.03. The molecule has 3 aromatic rings. The number of benzene rings is 2. The molecule has 1 amide bonds. The summed E-state index contributed by atoms with van der Waals surface area (Å²) in [5, 5.41) is 10.5. The van der Waals surface area contributed by atoms with E-state index in [9.17, 15) is 4.79 Å². The molecule has 0 saturated carbocycles. The van der Waals surface area contributed by atoms with E-state index in [0.717, 1.165) is 41.3 Å². The average molecular weight is 414 g/mol. The van der Waals surface area contributed by atoms with Crippen molar-refractivity contribution < 1.29 is 4.79 Å². The topological polar surface area (TPSA) is 79.0 Å². The fourth-order valence-corrected chi connectivity index (χ4v) is 5.84. The second-order valence-corrected chi connectivity index (χ2v) is 9.01. The lowest BCUT2D eigenvalue weighted by Gasteiger charge is -2.13. The maximum Gasteiger partial charge on any atom is 0.211 e. The maximum atomic E-state index is 11.0. The van der Waals surface area contributed by atoms with Gasteiger partial charge in [0.2, 0.25) is 6.41 Å². The van der Waals surface area contributed by atoms with Gasteiger partial charge in [-0.2, -0.15) is 0 Å². The summed E-state index contributed by atoms with van der Waals surface area (Å²) in [6.45, 7) is 2.04. The van der Waals surface area contributed by atoms with Crippen LogP contribution in [0.4, 0.5) is 5.69 Å². The zero-order valence-electron chi connectivity index (χ0n) is 14.9. The van der Waals surface area contributed by atoms with Gasteiger partial charge in [0, 0.05) is 21.0 Å². The van der Waals surface area contributed by atoms with Crippen LogP contribution in [-0.2, 0) is 4.79 Å². The van der Waals surface area contributed by atoms with Crippen LogP contribution in [0.5, 0.6) is 0 Å². The Bertz CT molecular complexity index is 998. The largest absolute Gasteiger partial charge is 0.383 e. The van der Waals surface area contributed by atoms with Crippen molar-refractivity contribution >= 4 is 52.8 Å². The van der Waals surface area contributed by atoms with Gasteiger partial charge in [-0.25, -0.2) is 0 Å². The minimum absolute atomic E-state index is 0.0976. The highest BCUT2D eigenvalue weighted by Crippen LogP contribution is 2.42. The molecule has 0 radical (unpaired) electrons. The summed E-state index contributed by atoms with van der Waals surface area (Å²) in [5.41, 5.74) is 9.61. The number of hydrogen-bond donors (Lipinski definition) is 3. The Morgan fingerprint density at radius 1 is 1.22 bits per heavy atom. The van der Waals surface area contributed by atoms with Gasteiger partial charge < -0.3 is 11.1 Å². The molecule has 0 bridgehead atoms. The standard InChI is InChI=1S/C20H19N3OS3/c1-12-5-3-8-15(23-11-24)18(12)13-6-4-7-14(9-13)26-17-10-16(19(21)22)27-20(17)25-2/h3-11H,1-2H3,(H3,21,22)(H,23,24). The third-order valence-electron chi connectivity index (χ3n) is 3.95. The van der Waals surface area contributed by atoms with E-state index in [1.54, 1.807) is 34.9 Å². The summed E-state index contributed by atoms with van der Waals surface area (Å²) in [6, 6.07) is 16.1. The summed E-state index contributed by atoms with van der Waals surface area (Å²) in [5.74, 6) is 0.0976. The third kappa shape index (κ3) is 4.37. The van der Waals surface area contributed by atoms with Crippen molar-refractivity contribution in [3.05, 3.63) is 59.0 Å². The van der Waals surface area contributed by atoms with Crippen molar-refractivity contribution in [3.8, 4) is 11.1 Å². The van der Waals surface area contributed by atoms with E-state index in [1.165, 1.54) is 0 Å². The summed E-state index contributed by atoms with van der Waals surface area (Å²) in [4.78, 5) is 13.9. The van der Waals surface area contributed by atoms with Gasteiger partial charge in [-0.3, -0.25) is 10.2 Å². The van der Waals surface area contributed by atoms with Crippen LogP contribution in [0.15, 0.2) is 62.5 Å². The maximum absolute atomic E-state index is 11.0. The number of rotatable bonds is 7. The van der Waals surface area contributed by atoms with E-state index in [2.05, 4.69) is 17.4 Å². The van der Waals surface area contributed by atoms with Crippen LogP contribution in [0.1, 0.15) is 10.4 Å². The van der Waals surface area contributed by atoms with Crippen molar-refractivity contribution in [1.82, 2.24) is 0 Å². The third-order valence-corrected chi connectivity index (χ3v) is 7.55. The fourth-order valence-electron chi connectivity index (χ4n) is 2.78. The lowest BCUT2D eigenvalue weighted by Crippen LogP contribution is -2.08. The zero-order valence-corrected chi connectivity index (χ0v) is 17.4. The molecule has 0 aliphatic rings. The van der Waals surface area contributed by atoms with Crippen LogP contribution in [0.3, 0.4) is 0 Å². The van der Waals surface area contributed by atoms with Crippen LogP contribution in [0.2, 0.25) is 0 Å². The molecule has 1 aromatic heterocycles. The van der Waals surface area contributed by atoms with Gasteiger partial charge in [-0.1, -0.05) is 36.0 Å². The molecule has 0 unspecified atom stereocenters. The number of carbonyl (C=O) groups excluding carboxylic acids is 1. The van der Waals surface area contributed by atoms with Crippen LogP contribution in [0, 0.1) is 12.3 Å². The molecule has 0 atom stereocenters. The first kappa shape index (κ1) is 19.5. The number of thioether (sulfide) groups is 1. The molecule has 3 rings (SSSR count). The van der Waals surface area contributed by atoms with Gasteiger partial charge in [0.15, 0.2) is 0 Å². The van der Waals surface area contributed by atoms with Gasteiger partial charge in [0.05, 0.1) is 9.09 Å². The molecule has 27 heavy (non-hydrogen) atoms. The predicted molar refractivity (Wildman–Crippen MR) is 118 cm³/mol. The Balaban J connectivity index is 1.98. The molecule has 0 aliphatic heterocycles. The second kappa shape index (κ2) is 8.65. The quantitative estimate of drug-likeness (QED) is 0.208. The van der Waals surface area contributed by atoms with Crippen molar-refractivity contribution in [2.45, 2.75) is 20.9 Å². The van der Waals surface area contributed by atoms with E-state index >= 15 is 0 Å². The second-order valence-electron chi connectivity index (χ2n) is 5.77. The monoisotopic (exact) mass is 413 g/mol. The first-order valence-corrected chi connectivity index (χ1v) is 11.0. The number of aryl methyl sites for hydroxylation is 1. The molecule has 0 saturated heterocycles. The van der Waals surface area contributed by atoms with E-state index in [1.807, 2.05) is 49.6 Å². The predicted octanol–water partition coefficient (Wildman–Crippen LogP) is 5.45. The van der Waals surface area contributed by atoms with Crippen LogP contribution < -0.4 is 11.1 Å². The number of amides is 1. The number of nitrogen functional groups attached to an aromatic ring is 1. The van der Waals surface area contributed by atoms with E-state index in [0.29, 0.717) is 6.41 Å². The molecule has 7 heteroatoms. The average Bonchev–Trinajstić information content (AvgIpc) is 3.05. The minimum atomic E-state index is 0.0976. The van der Waals surface area contributed by atoms with Gasteiger partial charge in [0.25, 0.3) is 0 Å². The van der Waals surface area contributed by atoms with E-state index in [4.69, 9.17) is 11.1 Å². The van der Waals surface area contributed by atoms with Gasteiger partial charge in [-0.15, -0.1) is 23.1 Å². The number of nitrogens with two attached hydrogens (primary N) is 1. The summed E-state index contributed by atoms with van der Waals surface area (Å²) in [7, 11) is 0.